The molecule has 1 saturated carbocycles. The normalized spacial score (nSPS) is 29.9. The number of carboxylic acid groups (broad SMARTS) is 1. The first kappa shape index (κ1) is 14.5. The van der Waals surface area contributed by atoms with Crippen molar-refractivity contribution in [2.75, 3.05) is 0 Å². The first-order valence-electron chi connectivity index (χ1n) is 7.14. The van der Waals surface area contributed by atoms with Gasteiger partial charge in [0, 0.05) is 0 Å². The molecule has 0 bridgehead atoms. The van der Waals surface area contributed by atoms with Crippen LogP contribution < -0.4 is 0 Å². The maximum Gasteiger partial charge on any atom is 0.306 e. The number of carbonyl (C=O) groups is 1. The third-order valence-corrected chi connectivity index (χ3v) is 4.40. The topological polar surface area (TPSA) is 37.3 Å². The molecular weight excluding hydrogens is 212 g/mol. The molecule has 2 nitrogen and oxygen atoms in total. The van der Waals surface area contributed by atoms with Gasteiger partial charge in [0.05, 0.1) is 5.92 Å². The van der Waals surface area contributed by atoms with E-state index >= 15 is 0 Å². The summed E-state index contributed by atoms with van der Waals surface area (Å²) in [6.07, 6.45) is 5.38. The van der Waals surface area contributed by atoms with E-state index in [1.54, 1.807) is 0 Å². The molecule has 0 aromatic heterocycles. The molecule has 0 radical (unpaired) electrons. The summed E-state index contributed by atoms with van der Waals surface area (Å²) in [5, 5.41) is 9.30. The first-order valence-corrected chi connectivity index (χ1v) is 7.14. The highest BCUT2D eigenvalue weighted by Crippen LogP contribution is 2.40. The van der Waals surface area contributed by atoms with Crippen LogP contribution in [-0.4, -0.2) is 11.1 Å². The molecule has 1 N–H and O–H groups in total. The molecule has 1 aliphatic carbocycles. The van der Waals surface area contributed by atoms with Gasteiger partial charge >= 0.3 is 5.97 Å². The number of aliphatic carboxylic acids is 1. The van der Waals surface area contributed by atoms with E-state index in [-0.39, 0.29) is 5.92 Å². The minimum atomic E-state index is -0.569. The van der Waals surface area contributed by atoms with E-state index in [2.05, 4.69) is 27.7 Å². The SMILES string of the molecule is CC(C)CCC1CC(C(C)C)CCC1C(=O)O. The maximum atomic E-state index is 11.3. The van der Waals surface area contributed by atoms with Crippen LogP contribution >= 0.6 is 0 Å². The average Bonchev–Trinajstić information content (AvgIpc) is 2.25. The molecule has 3 atom stereocenters. The largest absolute Gasteiger partial charge is 0.481 e. The summed E-state index contributed by atoms with van der Waals surface area (Å²) in [6, 6.07) is 0. The second kappa shape index (κ2) is 6.42. The van der Waals surface area contributed by atoms with Gasteiger partial charge in [-0.05, 0) is 49.4 Å². The maximum absolute atomic E-state index is 11.3. The van der Waals surface area contributed by atoms with Gasteiger partial charge in [-0.25, -0.2) is 0 Å². The molecule has 2 heteroatoms. The zero-order valence-corrected chi connectivity index (χ0v) is 11.8. The van der Waals surface area contributed by atoms with Crippen LogP contribution in [0, 0.1) is 29.6 Å². The molecule has 0 aromatic carbocycles. The molecule has 17 heavy (non-hydrogen) atoms. The Labute approximate surface area is 106 Å². The molecule has 0 amide bonds. The highest BCUT2D eigenvalue weighted by atomic mass is 16.4. The van der Waals surface area contributed by atoms with Crippen LogP contribution in [0.5, 0.6) is 0 Å². The predicted molar refractivity (Wildman–Crippen MR) is 70.9 cm³/mol. The summed E-state index contributed by atoms with van der Waals surface area (Å²) in [6.45, 7) is 8.98. The third kappa shape index (κ3) is 4.33. The number of hydrogen-bond donors (Lipinski definition) is 1. The molecule has 0 heterocycles. The average molecular weight is 240 g/mol. The highest BCUT2D eigenvalue weighted by Gasteiger charge is 2.35. The molecule has 3 unspecified atom stereocenters. The van der Waals surface area contributed by atoms with Crippen LogP contribution in [0.1, 0.15) is 59.8 Å². The Morgan fingerprint density at radius 2 is 1.88 bits per heavy atom. The van der Waals surface area contributed by atoms with Crippen LogP contribution in [0.3, 0.4) is 0 Å². The molecule has 1 rings (SSSR count). The van der Waals surface area contributed by atoms with Gasteiger partial charge in [0.25, 0.3) is 0 Å². The fraction of sp³-hybridized carbons (Fsp3) is 0.933. The van der Waals surface area contributed by atoms with E-state index in [1.165, 1.54) is 6.42 Å². The van der Waals surface area contributed by atoms with Crippen molar-refractivity contribution in [3.05, 3.63) is 0 Å². The quantitative estimate of drug-likeness (QED) is 0.782. The van der Waals surface area contributed by atoms with Gasteiger partial charge in [-0.15, -0.1) is 0 Å². The van der Waals surface area contributed by atoms with Crippen molar-refractivity contribution in [2.24, 2.45) is 29.6 Å². The minimum absolute atomic E-state index is 0.0799. The Hall–Kier alpha value is -0.530. The summed E-state index contributed by atoms with van der Waals surface area (Å²) in [7, 11) is 0. The smallest absolute Gasteiger partial charge is 0.306 e. The lowest BCUT2D eigenvalue weighted by Crippen LogP contribution is -2.32. The van der Waals surface area contributed by atoms with Crippen molar-refractivity contribution in [2.45, 2.75) is 59.8 Å². The molecule has 1 fully saturated rings. The standard InChI is InChI=1S/C15H28O2/c1-10(2)5-6-13-9-12(11(3)4)7-8-14(13)15(16)17/h10-14H,5-9H2,1-4H3,(H,16,17). The Balaban J connectivity index is 2.59. The summed E-state index contributed by atoms with van der Waals surface area (Å²) in [5.74, 6) is 1.89. The molecule has 100 valence electrons. The molecule has 0 aliphatic heterocycles. The lowest BCUT2D eigenvalue weighted by Gasteiger charge is -2.36. The molecule has 0 saturated heterocycles. The molecule has 1 aliphatic rings. The van der Waals surface area contributed by atoms with Crippen molar-refractivity contribution >= 4 is 5.97 Å². The second-order valence-electron chi connectivity index (χ2n) is 6.49. The van der Waals surface area contributed by atoms with Crippen LogP contribution in [0.15, 0.2) is 0 Å². The molecular formula is C15H28O2. The predicted octanol–water partition coefficient (Wildman–Crippen LogP) is 4.20. The lowest BCUT2D eigenvalue weighted by atomic mass is 9.69. The van der Waals surface area contributed by atoms with Crippen molar-refractivity contribution < 1.29 is 9.90 Å². The van der Waals surface area contributed by atoms with Crippen molar-refractivity contribution in [1.82, 2.24) is 0 Å². The highest BCUT2D eigenvalue weighted by molar-refractivity contribution is 5.70. The monoisotopic (exact) mass is 240 g/mol. The van der Waals surface area contributed by atoms with Crippen LogP contribution in [-0.2, 0) is 4.79 Å². The van der Waals surface area contributed by atoms with Gasteiger partial charge in [-0.3, -0.25) is 4.79 Å². The Morgan fingerprint density at radius 1 is 1.24 bits per heavy atom. The van der Waals surface area contributed by atoms with E-state index in [9.17, 15) is 9.90 Å². The number of hydrogen-bond acceptors (Lipinski definition) is 1. The van der Waals surface area contributed by atoms with Crippen molar-refractivity contribution in [3.63, 3.8) is 0 Å². The second-order valence-corrected chi connectivity index (χ2v) is 6.49. The minimum Gasteiger partial charge on any atom is -0.481 e. The number of rotatable bonds is 5. The fourth-order valence-electron chi connectivity index (χ4n) is 3.10. The van der Waals surface area contributed by atoms with E-state index in [4.69, 9.17) is 0 Å². The van der Waals surface area contributed by atoms with Gasteiger partial charge < -0.3 is 5.11 Å². The van der Waals surface area contributed by atoms with E-state index in [0.29, 0.717) is 17.8 Å². The Bertz CT molecular complexity index is 245. The fourth-order valence-corrected chi connectivity index (χ4v) is 3.10. The number of carboxylic acids is 1. The summed E-state index contributed by atoms with van der Waals surface area (Å²) in [5.41, 5.74) is 0. The van der Waals surface area contributed by atoms with Crippen LogP contribution in [0.4, 0.5) is 0 Å². The summed E-state index contributed by atoms with van der Waals surface area (Å²) >= 11 is 0. The van der Waals surface area contributed by atoms with Crippen LogP contribution in [0.25, 0.3) is 0 Å². The van der Waals surface area contributed by atoms with Gasteiger partial charge in [0.1, 0.15) is 0 Å². The van der Waals surface area contributed by atoms with E-state index in [0.717, 1.165) is 31.6 Å². The van der Waals surface area contributed by atoms with Gasteiger partial charge in [0.15, 0.2) is 0 Å². The third-order valence-electron chi connectivity index (χ3n) is 4.40. The summed E-state index contributed by atoms with van der Waals surface area (Å²) < 4.78 is 0. The zero-order valence-electron chi connectivity index (χ0n) is 11.8. The van der Waals surface area contributed by atoms with E-state index < -0.39 is 5.97 Å². The van der Waals surface area contributed by atoms with Gasteiger partial charge in [-0.1, -0.05) is 34.1 Å². The Kier molecular flexibility index (Phi) is 5.48. The van der Waals surface area contributed by atoms with Crippen molar-refractivity contribution in [3.8, 4) is 0 Å². The molecule has 0 aromatic rings. The summed E-state index contributed by atoms with van der Waals surface area (Å²) in [4.78, 5) is 11.3. The van der Waals surface area contributed by atoms with Crippen LogP contribution in [0.2, 0.25) is 0 Å². The van der Waals surface area contributed by atoms with Gasteiger partial charge in [0.2, 0.25) is 0 Å². The zero-order chi connectivity index (χ0) is 13.0. The Morgan fingerprint density at radius 3 is 2.35 bits per heavy atom. The van der Waals surface area contributed by atoms with E-state index in [1.807, 2.05) is 0 Å². The first-order chi connectivity index (χ1) is 7.91. The molecule has 0 spiro atoms. The van der Waals surface area contributed by atoms with Gasteiger partial charge in [-0.2, -0.15) is 0 Å². The lowest BCUT2D eigenvalue weighted by molar-refractivity contribution is -0.145. The van der Waals surface area contributed by atoms with Crippen molar-refractivity contribution in [1.29, 1.82) is 0 Å².